The molecule has 1 aromatic carbocycles. The van der Waals surface area contributed by atoms with E-state index < -0.39 is 5.41 Å². The number of nitrogens with one attached hydrogen (secondary N) is 1. The topological polar surface area (TPSA) is 72.9 Å². The van der Waals surface area contributed by atoms with Gasteiger partial charge in [0.15, 0.2) is 0 Å². The lowest BCUT2D eigenvalue weighted by Crippen LogP contribution is -2.50. The molecule has 1 aliphatic carbocycles. The Bertz CT molecular complexity index is 809. The second-order valence-corrected chi connectivity index (χ2v) is 9.08. The Balaban J connectivity index is 1.47. The van der Waals surface area contributed by atoms with Gasteiger partial charge in [-0.05, 0) is 63.1 Å². The van der Waals surface area contributed by atoms with Crippen LogP contribution >= 0.6 is 0 Å². The lowest BCUT2D eigenvalue weighted by molar-refractivity contribution is -0.139. The minimum Gasteiger partial charge on any atom is -0.393 e. The van der Waals surface area contributed by atoms with E-state index in [1.54, 1.807) is 19.1 Å². The van der Waals surface area contributed by atoms with Crippen LogP contribution in [-0.4, -0.2) is 53.6 Å². The molecule has 3 fully saturated rings. The molecule has 1 saturated carbocycles. The minimum absolute atomic E-state index is 0.147. The summed E-state index contributed by atoms with van der Waals surface area (Å²) in [5.41, 5.74) is 0.517. The molecule has 164 valence electrons. The van der Waals surface area contributed by atoms with E-state index in [0.29, 0.717) is 24.3 Å². The van der Waals surface area contributed by atoms with E-state index in [0.717, 1.165) is 58.0 Å². The van der Waals surface area contributed by atoms with Crippen molar-refractivity contribution in [2.75, 3.05) is 29.9 Å². The van der Waals surface area contributed by atoms with Crippen LogP contribution in [-0.2, 0) is 9.59 Å². The zero-order chi connectivity index (χ0) is 21.3. The van der Waals surface area contributed by atoms with Crippen molar-refractivity contribution < 1.29 is 19.1 Å². The first-order valence-electron chi connectivity index (χ1n) is 11.3. The summed E-state index contributed by atoms with van der Waals surface area (Å²) in [4.78, 5) is 29.0. The average molecular weight is 418 g/mol. The highest BCUT2D eigenvalue weighted by atomic mass is 19.1. The molecule has 0 unspecified atom stereocenters. The van der Waals surface area contributed by atoms with Gasteiger partial charge in [-0.1, -0.05) is 6.92 Å². The molecule has 0 aromatic heterocycles. The lowest BCUT2D eigenvalue weighted by Gasteiger charge is -2.41. The molecule has 3 aliphatic rings. The van der Waals surface area contributed by atoms with Crippen LogP contribution in [0.5, 0.6) is 0 Å². The van der Waals surface area contributed by atoms with Crippen LogP contribution in [0.1, 0.15) is 58.3 Å². The van der Waals surface area contributed by atoms with Crippen LogP contribution in [0.25, 0.3) is 0 Å². The summed E-state index contributed by atoms with van der Waals surface area (Å²) in [6.07, 6.45) is 5.89. The molecule has 2 heterocycles. The number of benzene rings is 1. The van der Waals surface area contributed by atoms with Crippen LogP contribution in [0, 0.1) is 11.2 Å². The van der Waals surface area contributed by atoms with E-state index >= 15 is 0 Å². The first-order valence-corrected chi connectivity index (χ1v) is 11.3. The molecule has 4 rings (SSSR count). The molecule has 1 spiro atoms. The zero-order valence-electron chi connectivity index (χ0n) is 17.7. The molecule has 2 aliphatic heterocycles. The van der Waals surface area contributed by atoms with Gasteiger partial charge in [0.25, 0.3) is 0 Å². The van der Waals surface area contributed by atoms with Gasteiger partial charge in [-0.3, -0.25) is 9.59 Å². The van der Waals surface area contributed by atoms with E-state index in [4.69, 9.17) is 0 Å². The predicted octanol–water partition coefficient (Wildman–Crippen LogP) is 3.30. The van der Waals surface area contributed by atoms with Gasteiger partial charge in [-0.25, -0.2) is 4.39 Å². The van der Waals surface area contributed by atoms with Gasteiger partial charge >= 0.3 is 0 Å². The van der Waals surface area contributed by atoms with E-state index in [2.05, 4.69) is 5.32 Å². The fourth-order valence-corrected chi connectivity index (χ4v) is 5.37. The second kappa shape index (κ2) is 8.53. The monoisotopic (exact) mass is 417 g/mol. The number of hydrogen-bond donors (Lipinski definition) is 2. The predicted molar refractivity (Wildman–Crippen MR) is 114 cm³/mol. The third-order valence-corrected chi connectivity index (χ3v) is 7.12. The molecule has 1 aromatic rings. The van der Waals surface area contributed by atoms with Crippen molar-refractivity contribution in [3.63, 3.8) is 0 Å². The van der Waals surface area contributed by atoms with Crippen LogP contribution < -0.4 is 10.2 Å². The number of anilines is 2. The van der Waals surface area contributed by atoms with Gasteiger partial charge < -0.3 is 20.2 Å². The maximum atomic E-state index is 14.9. The summed E-state index contributed by atoms with van der Waals surface area (Å²) in [7, 11) is 0. The van der Waals surface area contributed by atoms with Gasteiger partial charge in [0.05, 0.1) is 17.2 Å². The third-order valence-electron chi connectivity index (χ3n) is 7.12. The quantitative estimate of drug-likeness (QED) is 0.789. The normalized spacial score (nSPS) is 29.5. The number of carbonyl (C=O) groups is 2. The molecule has 0 radical (unpaired) electrons. The van der Waals surface area contributed by atoms with Gasteiger partial charge in [-0.2, -0.15) is 0 Å². The zero-order valence-corrected chi connectivity index (χ0v) is 17.7. The molecule has 2 N–H and O–H groups in total. The maximum absolute atomic E-state index is 14.9. The van der Waals surface area contributed by atoms with Crippen LogP contribution in [0.3, 0.4) is 0 Å². The largest absolute Gasteiger partial charge is 0.393 e. The van der Waals surface area contributed by atoms with E-state index in [1.807, 2.05) is 9.80 Å². The molecular formula is C23H32FN3O3. The molecule has 30 heavy (non-hydrogen) atoms. The van der Waals surface area contributed by atoms with Crippen LogP contribution in [0.4, 0.5) is 15.8 Å². The smallest absolute Gasteiger partial charge is 0.230 e. The molecule has 7 heteroatoms. The van der Waals surface area contributed by atoms with Gasteiger partial charge in [0, 0.05) is 37.8 Å². The van der Waals surface area contributed by atoms with E-state index in [-0.39, 0.29) is 29.8 Å². The number of carbonyl (C=O) groups excluding carboxylic acids is 2. The van der Waals surface area contributed by atoms with Crippen LogP contribution in [0.15, 0.2) is 18.2 Å². The van der Waals surface area contributed by atoms with E-state index in [9.17, 15) is 19.1 Å². The molecule has 2 amide bonds. The van der Waals surface area contributed by atoms with Crippen molar-refractivity contribution in [2.24, 2.45) is 5.41 Å². The summed E-state index contributed by atoms with van der Waals surface area (Å²) >= 11 is 0. The Morgan fingerprint density at radius 3 is 2.70 bits per heavy atom. The summed E-state index contributed by atoms with van der Waals surface area (Å²) in [6.45, 7) is 3.78. The van der Waals surface area contributed by atoms with Crippen molar-refractivity contribution in [3.8, 4) is 0 Å². The van der Waals surface area contributed by atoms with Crippen molar-refractivity contribution in [1.29, 1.82) is 0 Å². The SMILES string of the molecule is CCC(=O)Nc1ccc(N2CCC[C@@]3(CCN([C@H]4CC[C@H](O)CC4)C3=O)C2)c(F)c1. The number of amides is 2. The highest BCUT2D eigenvalue weighted by molar-refractivity contribution is 5.90. The Labute approximate surface area is 177 Å². The fraction of sp³-hybridized carbons (Fsp3) is 0.652. The number of aliphatic hydroxyl groups excluding tert-OH is 1. The molecule has 0 bridgehead atoms. The molecule has 6 nitrogen and oxygen atoms in total. The van der Waals surface area contributed by atoms with Crippen molar-refractivity contribution >= 4 is 23.2 Å². The highest BCUT2D eigenvalue weighted by Gasteiger charge is 2.50. The Morgan fingerprint density at radius 2 is 2.00 bits per heavy atom. The van der Waals surface area contributed by atoms with Crippen molar-refractivity contribution in [2.45, 2.75) is 70.4 Å². The Hall–Kier alpha value is -2.15. The lowest BCUT2D eigenvalue weighted by atomic mass is 9.78. The van der Waals surface area contributed by atoms with Gasteiger partial charge in [-0.15, -0.1) is 0 Å². The van der Waals surface area contributed by atoms with Crippen molar-refractivity contribution in [1.82, 2.24) is 4.90 Å². The number of piperidine rings is 1. The van der Waals surface area contributed by atoms with Gasteiger partial charge in [0.1, 0.15) is 5.82 Å². The van der Waals surface area contributed by atoms with E-state index in [1.165, 1.54) is 6.07 Å². The third kappa shape index (κ3) is 4.04. The summed E-state index contributed by atoms with van der Waals surface area (Å²) in [5.74, 6) is -0.309. The average Bonchev–Trinajstić information content (AvgIpc) is 3.04. The number of hydrogen-bond acceptors (Lipinski definition) is 4. The fourth-order valence-electron chi connectivity index (χ4n) is 5.37. The Kier molecular flexibility index (Phi) is 6.00. The first kappa shape index (κ1) is 21.1. The standard InChI is InChI=1S/C23H32FN3O3/c1-2-21(29)25-16-4-9-20(19(24)14-16)26-12-3-10-23(15-26)11-13-27(22(23)30)17-5-7-18(28)8-6-17/h4,9,14,17-18,28H,2-3,5-8,10-13,15H2,1H3,(H,25,29)/t17-,18-,23-/m1/s1. The number of nitrogens with zero attached hydrogens (tertiary/aromatic N) is 2. The minimum atomic E-state index is -0.435. The molecular weight excluding hydrogens is 385 g/mol. The number of likely N-dealkylation sites (tertiary alicyclic amines) is 1. The van der Waals surface area contributed by atoms with Crippen LogP contribution in [0.2, 0.25) is 0 Å². The molecule has 1 atom stereocenters. The van der Waals surface area contributed by atoms with Gasteiger partial charge in [0.2, 0.25) is 11.8 Å². The summed E-state index contributed by atoms with van der Waals surface area (Å²) < 4.78 is 14.9. The summed E-state index contributed by atoms with van der Waals surface area (Å²) in [6, 6.07) is 5.03. The number of aliphatic hydroxyl groups is 1. The first-order chi connectivity index (χ1) is 14.4. The summed E-state index contributed by atoms with van der Waals surface area (Å²) in [5, 5.41) is 12.5. The maximum Gasteiger partial charge on any atom is 0.230 e. The molecule has 2 saturated heterocycles. The Morgan fingerprint density at radius 1 is 1.23 bits per heavy atom. The highest BCUT2D eigenvalue weighted by Crippen LogP contribution is 2.43. The number of halogens is 1. The second-order valence-electron chi connectivity index (χ2n) is 9.08. The van der Waals surface area contributed by atoms with Crippen molar-refractivity contribution in [3.05, 3.63) is 24.0 Å². The number of rotatable bonds is 4.